The Kier molecular flexibility index (Phi) is 4.10. The summed E-state index contributed by atoms with van der Waals surface area (Å²) in [5, 5.41) is 13.7. The predicted molar refractivity (Wildman–Crippen MR) is 84.6 cm³/mol. The zero-order chi connectivity index (χ0) is 16.4. The molecular weight excluding hydrogens is 294 g/mol. The Hall–Kier alpha value is -2.70. The van der Waals surface area contributed by atoms with Crippen molar-refractivity contribution in [3.8, 4) is 5.69 Å². The number of rotatable bonds is 5. The van der Waals surface area contributed by atoms with E-state index in [4.69, 9.17) is 0 Å². The summed E-state index contributed by atoms with van der Waals surface area (Å²) in [6.45, 7) is 4.26. The number of hydrogen-bond donors (Lipinski definition) is 2. The standard InChI is InChI=1S/C16H19N5O2/c1-3-17-15(22)11-4-8-13(9-5-11)21-10(2)14(19-20-21)16(23)18-12-6-7-12/h4-5,8-9,12H,3,6-7H2,1-2H3,(H,17,22)(H,18,23). The first-order valence-electron chi connectivity index (χ1n) is 7.72. The maximum atomic E-state index is 12.1. The lowest BCUT2D eigenvalue weighted by atomic mass is 10.2. The Bertz CT molecular complexity index is 731. The van der Waals surface area contributed by atoms with Gasteiger partial charge in [-0.05, 0) is 51.0 Å². The Morgan fingerprint density at radius 1 is 1.22 bits per heavy atom. The normalized spacial score (nSPS) is 13.7. The van der Waals surface area contributed by atoms with E-state index in [0.717, 1.165) is 18.5 Å². The van der Waals surface area contributed by atoms with E-state index < -0.39 is 0 Å². The summed E-state index contributed by atoms with van der Waals surface area (Å²) >= 11 is 0. The first-order chi connectivity index (χ1) is 11.1. The molecule has 1 aliphatic rings. The third kappa shape index (κ3) is 3.23. The second-order valence-corrected chi connectivity index (χ2v) is 5.59. The van der Waals surface area contributed by atoms with Crippen LogP contribution in [0.2, 0.25) is 0 Å². The predicted octanol–water partition coefficient (Wildman–Crippen LogP) is 1.22. The molecule has 7 nitrogen and oxygen atoms in total. The van der Waals surface area contributed by atoms with Crippen LogP contribution in [0, 0.1) is 6.92 Å². The molecule has 3 rings (SSSR count). The minimum atomic E-state index is -0.185. The number of nitrogens with zero attached hydrogens (tertiary/aromatic N) is 3. The second kappa shape index (κ2) is 6.20. The Labute approximate surface area is 134 Å². The van der Waals surface area contributed by atoms with Crippen LogP contribution in [0.25, 0.3) is 5.69 Å². The molecule has 1 fully saturated rings. The van der Waals surface area contributed by atoms with Crippen LogP contribution < -0.4 is 10.6 Å². The van der Waals surface area contributed by atoms with E-state index in [1.807, 2.05) is 6.92 Å². The molecule has 1 aliphatic carbocycles. The summed E-state index contributed by atoms with van der Waals surface area (Å²) in [5.74, 6) is -0.297. The van der Waals surface area contributed by atoms with Crippen molar-refractivity contribution in [1.29, 1.82) is 0 Å². The first-order valence-corrected chi connectivity index (χ1v) is 7.72. The third-order valence-electron chi connectivity index (χ3n) is 3.73. The van der Waals surface area contributed by atoms with Gasteiger partial charge in [-0.15, -0.1) is 5.10 Å². The van der Waals surface area contributed by atoms with Crippen molar-refractivity contribution in [3.63, 3.8) is 0 Å². The van der Waals surface area contributed by atoms with Gasteiger partial charge < -0.3 is 10.6 Å². The second-order valence-electron chi connectivity index (χ2n) is 5.59. The van der Waals surface area contributed by atoms with Gasteiger partial charge in [0.05, 0.1) is 11.4 Å². The smallest absolute Gasteiger partial charge is 0.273 e. The van der Waals surface area contributed by atoms with E-state index in [2.05, 4.69) is 20.9 Å². The van der Waals surface area contributed by atoms with Gasteiger partial charge in [-0.25, -0.2) is 4.68 Å². The maximum Gasteiger partial charge on any atom is 0.273 e. The van der Waals surface area contributed by atoms with Gasteiger partial charge in [0.2, 0.25) is 0 Å². The van der Waals surface area contributed by atoms with Crippen LogP contribution in [-0.4, -0.2) is 39.4 Å². The van der Waals surface area contributed by atoms with Crippen LogP contribution in [0.3, 0.4) is 0 Å². The number of benzene rings is 1. The molecule has 1 aromatic heterocycles. The molecule has 0 atom stereocenters. The molecule has 0 aliphatic heterocycles. The van der Waals surface area contributed by atoms with E-state index in [9.17, 15) is 9.59 Å². The van der Waals surface area contributed by atoms with E-state index in [-0.39, 0.29) is 17.9 Å². The zero-order valence-electron chi connectivity index (χ0n) is 13.2. The molecule has 2 amide bonds. The average molecular weight is 313 g/mol. The van der Waals surface area contributed by atoms with Crippen LogP contribution in [0.1, 0.15) is 46.3 Å². The quantitative estimate of drug-likeness (QED) is 0.868. The number of nitrogens with one attached hydrogen (secondary N) is 2. The Morgan fingerprint density at radius 2 is 1.91 bits per heavy atom. The highest BCUT2D eigenvalue weighted by atomic mass is 16.2. The molecule has 7 heteroatoms. The molecule has 0 unspecified atom stereocenters. The van der Waals surface area contributed by atoms with Gasteiger partial charge in [-0.3, -0.25) is 9.59 Å². The van der Waals surface area contributed by atoms with Crippen molar-refractivity contribution >= 4 is 11.8 Å². The topological polar surface area (TPSA) is 88.9 Å². The van der Waals surface area contributed by atoms with Crippen LogP contribution >= 0.6 is 0 Å². The van der Waals surface area contributed by atoms with Gasteiger partial charge in [-0.1, -0.05) is 5.21 Å². The molecule has 120 valence electrons. The number of carbonyl (C=O) groups is 2. The number of hydrogen-bond acceptors (Lipinski definition) is 4. The third-order valence-corrected chi connectivity index (χ3v) is 3.73. The molecule has 0 spiro atoms. The number of amides is 2. The first kappa shape index (κ1) is 15.2. The molecule has 0 bridgehead atoms. The van der Waals surface area contributed by atoms with Crippen molar-refractivity contribution in [1.82, 2.24) is 25.6 Å². The summed E-state index contributed by atoms with van der Waals surface area (Å²) in [7, 11) is 0. The van der Waals surface area contributed by atoms with Crippen molar-refractivity contribution in [2.75, 3.05) is 6.54 Å². The Morgan fingerprint density at radius 3 is 2.52 bits per heavy atom. The van der Waals surface area contributed by atoms with Crippen LogP contribution in [0.15, 0.2) is 24.3 Å². The lowest BCUT2D eigenvalue weighted by Gasteiger charge is -2.06. The summed E-state index contributed by atoms with van der Waals surface area (Å²) in [6.07, 6.45) is 2.06. The Balaban J connectivity index is 1.80. The van der Waals surface area contributed by atoms with Crippen molar-refractivity contribution in [3.05, 3.63) is 41.2 Å². The zero-order valence-corrected chi connectivity index (χ0v) is 13.2. The van der Waals surface area contributed by atoms with Crippen molar-refractivity contribution in [2.24, 2.45) is 0 Å². The van der Waals surface area contributed by atoms with Crippen molar-refractivity contribution < 1.29 is 9.59 Å². The van der Waals surface area contributed by atoms with Gasteiger partial charge in [0.15, 0.2) is 5.69 Å². The lowest BCUT2D eigenvalue weighted by molar-refractivity contribution is 0.0941. The molecule has 23 heavy (non-hydrogen) atoms. The molecule has 1 aromatic carbocycles. The van der Waals surface area contributed by atoms with E-state index in [0.29, 0.717) is 23.5 Å². The summed E-state index contributed by atoms with van der Waals surface area (Å²) in [4.78, 5) is 23.9. The summed E-state index contributed by atoms with van der Waals surface area (Å²) < 4.78 is 1.60. The highest BCUT2D eigenvalue weighted by Gasteiger charge is 2.26. The van der Waals surface area contributed by atoms with Crippen LogP contribution in [0.5, 0.6) is 0 Å². The highest BCUT2D eigenvalue weighted by Crippen LogP contribution is 2.20. The van der Waals surface area contributed by atoms with Gasteiger partial charge in [0.1, 0.15) is 0 Å². The fourth-order valence-corrected chi connectivity index (χ4v) is 2.28. The monoisotopic (exact) mass is 313 g/mol. The van der Waals surface area contributed by atoms with E-state index in [1.165, 1.54) is 0 Å². The van der Waals surface area contributed by atoms with Crippen molar-refractivity contribution in [2.45, 2.75) is 32.7 Å². The van der Waals surface area contributed by atoms with Gasteiger partial charge in [-0.2, -0.15) is 0 Å². The fraction of sp³-hybridized carbons (Fsp3) is 0.375. The molecule has 0 saturated heterocycles. The molecule has 2 aromatic rings. The molecule has 2 N–H and O–H groups in total. The van der Waals surface area contributed by atoms with Gasteiger partial charge in [0, 0.05) is 18.2 Å². The fourth-order valence-electron chi connectivity index (χ4n) is 2.28. The highest BCUT2D eigenvalue weighted by molar-refractivity contribution is 5.94. The summed E-state index contributed by atoms with van der Waals surface area (Å²) in [6, 6.07) is 7.31. The average Bonchev–Trinajstić information content (AvgIpc) is 3.27. The van der Waals surface area contributed by atoms with Gasteiger partial charge >= 0.3 is 0 Å². The summed E-state index contributed by atoms with van der Waals surface area (Å²) in [5.41, 5.74) is 2.35. The van der Waals surface area contributed by atoms with E-state index in [1.54, 1.807) is 35.9 Å². The number of carbonyl (C=O) groups excluding carboxylic acids is 2. The van der Waals surface area contributed by atoms with Gasteiger partial charge in [0.25, 0.3) is 11.8 Å². The molecule has 1 heterocycles. The van der Waals surface area contributed by atoms with Crippen LogP contribution in [-0.2, 0) is 0 Å². The largest absolute Gasteiger partial charge is 0.352 e. The molecular formula is C16H19N5O2. The molecule has 0 radical (unpaired) electrons. The van der Waals surface area contributed by atoms with Crippen LogP contribution in [0.4, 0.5) is 0 Å². The number of aromatic nitrogens is 3. The maximum absolute atomic E-state index is 12.1. The lowest BCUT2D eigenvalue weighted by Crippen LogP contribution is -2.26. The van der Waals surface area contributed by atoms with E-state index >= 15 is 0 Å². The minimum absolute atomic E-state index is 0.112. The molecule has 1 saturated carbocycles. The SMILES string of the molecule is CCNC(=O)c1ccc(-n2nnc(C(=O)NC3CC3)c2C)cc1. The minimum Gasteiger partial charge on any atom is -0.352 e.